The van der Waals surface area contributed by atoms with Crippen LogP contribution in [0.1, 0.15) is 34.0 Å². The molecule has 1 amide bonds. The van der Waals surface area contributed by atoms with E-state index in [1.807, 2.05) is 24.3 Å². The van der Waals surface area contributed by atoms with E-state index in [4.69, 9.17) is 24.2 Å². The fraction of sp³-hybridized carbons (Fsp3) is 0.455. The molecule has 32 heavy (non-hydrogen) atoms. The molecular formula is C22H26N4O6. The fourth-order valence-electron chi connectivity index (χ4n) is 3.47. The van der Waals surface area contributed by atoms with E-state index < -0.39 is 0 Å². The van der Waals surface area contributed by atoms with Gasteiger partial charge in [0.2, 0.25) is 0 Å². The maximum Gasteiger partial charge on any atom is 0.270 e. The lowest BCUT2D eigenvalue weighted by Gasteiger charge is -2.30. The molecule has 2 unspecified atom stereocenters. The van der Waals surface area contributed by atoms with Crippen molar-refractivity contribution >= 4 is 11.6 Å². The van der Waals surface area contributed by atoms with Crippen LogP contribution in [0.3, 0.4) is 0 Å². The third-order valence-corrected chi connectivity index (χ3v) is 5.28. The molecule has 3 heterocycles. The van der Waals surface area contributed by atoms with Crippen molar-refractivity contribution in [3.05, 3.63) is 53.1 Å². The number of hydrogen-bond acceptors (Lipinski definition) is 9. The zero-order valence-electron chi connectivity index (χ0n) is 18.0. The molecule has 10 heteroatoms. The van der Waals surface area contributed by atoms with Crippen molar-refractivity contribution in [2.45, 2.75) is 38.2 Å². The van der Waals surface area contributed by atoms with Crippen LogP contribution in [0.4, 0.5) is 0 Å². The van der Waals surface area contributed by atoms with Crippen LogP contribution in [-0.2, 0) is 20.9 Å². The number of ether oxygens (including phenoxy) is 3. The molecule has 2 N–H and O–H groups in total. The number of carbonyl (C=O) groups excluding carboxylic acids is 1. The summed E-state index contributed by atoms with van der Waals surface area (Å²) in [4.78, 5) is 26.9. The third-order valence-electron chi connectivity index (χ3n) is 5.28. The van der Waals surface area contributed by atoms with E-state index in [1.54, 1.807) is 20.1 Å². The SMILES string of the molecule is COc1ccc(CNC(=O)c2cc(C3=NOC(C4CO[C@@H](CO)CO4)C3)nc(C)n2)cc1. The second kappa shape index (κ2) is 10.0. The van der Waals surface area contributed by atoms with Crippen LogP contribution in [-0.4, -0.2) is 71.9 Å². The highest BCUT2D eigenvalue weighted by Gasteiger charge is 2.35. The average Bonchev–Trinajstić information content (AvgIpc) is 3.33. The number of methoxy groups -OCH3 is 1. The monoisotopic (exact) mass is 442 g/mol. The molecule has 170 valence electrons. The van der Waals surface area contributed by atoms with Gasteiger partial charge in [0.1, 0.15) is 35.2 Å². The van der Waals surface area contributed by atoms with Crippen LogP contribution in [0.15, 0.2) is 35.5 Å². The van der Waals surface area contributed by atoms with Gasteiger partial charge in [0, 0.05) is 13.0 Å². The van der Waals surface area contributed by atoms with Gasteiger partial charge in [0.25, 0.3) is 5.91 Å². The van der Waals surface area contributed by atoms with E-state index >= 15 is 0 Å². The molecule has 2 aliphatic rings. The van der Waals surface area contributed by atoms with Crippen LogP contribution in [0, 0.1) is 6.92 Å². The first-order valence-corrected chi connectivity index (χ1v) is 10.4. The van der Waals surface area contributed by atoms with Crippen LogP contribution in [0.5, 0.6) is 5.75 Å². The van der Waals surface area contributed by atoms with Crippen molar-refractivity contribution in [2.75, 3.05) is 26.9 Å². The summed E-state index contributed by atoms with van der Waals surface area (Å²) in [6, 6.07) is 9.07. The van der Waals surface area contributed by atoms with E-state index in [1.165, 1.54) is 0 Å². The van der Waals surface area contributed by atoms with E-state index in [0.29, 0.717) is 43.4 Å². The van der Waals surface area contributed by atoms with Gasteiger partial charge in [-0.25, -0.2) is 9.97 Å². The number of benzene rings is 1. The number of hydrogen-bond donors (Lipinski definition) is 2. The second-order valence-corrected chi connectivity index (χ2v) is 7.61. The number of oxime groups is 1. The molecule has 3 atom stereocenters. The zero-order valence-corrected chi connectivity index (χ0v) is 18.0. The van der Waals surface area contributed by atoms with Gasteiger partial charge >= 0.3 is 0 Å². The fourth-order valence-corrected chi connectivity index (χ4v) is 3.47. The zero-order chi connectivity index (χ0) is 22.5. The summed E-state index contributed by atoms with van der Waals surface area (Å²) >= 11 is 0. The molecule has 1 aromatic heterocycles. The number of aliphatic hydroxyl groups excluding tert-OH is 1. The summed E-state index contributed by atoms with van der Waals surface area (Å²) in [6.45, 7) is 2.64. The van der Waals surface area contributed by atoms with Gasteiger partial charge in [-0.3, -0.25) is 4.79 Å². The van der Waals surface area contributed by atoms with Gasteiger partial charge in [-0.2, -0.15) is 0 Å². The highest BCUT2D eigenvalue weighted by molar-refractivity contribution is 6.02. The van der Waals surface area contributed by atoms with Crippen LogP contribution < -0.4 is 10.1 Å². The minimum absolute atomic E-state index is 0.0798. The summed E-state index contributed by atoms with van der Waals surface area (Å²) in [6.07, 6.45) is -0.431. The van der Waals surface area contributed by atoms with Crippen molar-refractivity contribution in [1.29, 1.82) is 0 Å². The smallest absolute Gasteiger partial charge is 0.270 e. The Bertz CT molecular complexity index is 973. The summed E-state index contributed by atoms with van der Waals surface area (Å²) in [5, 5.41) is 16.2. The van der Waals surface area contributed by atoms with Crippen molar-refractivity contribution < 1.29 is 28.9 Å². The lowest BCUT2D eigenvalue weighted by Crippen LogP contribution is -2.43. The van der Waals surface area contributed by atoms with Crippen LogP contribution >= 0.6 is 0 Å². The topological polar surface area (TPSA) is 124 Å². The number of nitrogens with zero attached hydrogens (tertiary/aromatic N) is 3. The Morgan fingerprint density at radius 2 is 2.00 bits per heavy atom. The molecule has 1 saturated heterocycles. The Kier molecular flexibility index (Phi) is 6.93. The van der Waals surface area contributed by atoms with E-state index in [-0.39, 0.29) is 36.5 Å². The van der Waals surface area contributed by atoms with Crippen molar-refractivity contribution in [3.8, 4) is 5.75 Å². The van der Waals surface area contributed by atoms with Crippen LogP contribution in [0.2, 0.25) is 0 Å². The molecule has 0 radical (unpaired) electrons. The molecule has 0 spiro atoms. The lowest BCUT2D eigenvalue weighted by molar-refractivity contribution is -0.178. The standard InChI is InChI=1S/C22H26N4O6/c1-13-24-17(18-8-20(32-26-18)21-12-30-16(10-27)11-31-21)7-19(25-13)22(28)23-9-14-3-5-15(29-2)6-4-14/h3-7,16,20-21,27H,8-12H2,1-2H3,(H,23,28)/t16-,20?,21?/m0/s1. The first-order chi connectivity index (χ1) is 15.6. The van der Waals surface area contributed by atoms with Crippen LogP contribution in [0.25, 0.3) is 0 Å². The van der Waals surface area contributed by atoms with Crippen molar-refractivity contribution in [3.63, 3.8) is 0 Å². The number of rotatable bonds is 7. The summed E-state index contributed by atoms with van der Waals surface area (Å²) in [7, 11) is 1.61. The van der Waals surface area contributed by atoms with Crippen molar-refractivity contribution in [1.82, 2.24) is 15.3 Å². The predicted molar refractivity (Wildman–Crippen MR) is 114 cm³/mol. The Labute approximate surface area is 185 Å². The van der Waals surface area contributed by atoms with Crippen molar-refractivity contribution in [2.24, 2.45) is 5.16 Å². The summed E-state index contributed by atoms with van der Waals surface area (Å²) in [5.74, 6) is 0.918. The van der Waals surface area contributed by atoms with Gasteiger partial charge in [-0.1, -0.05) is 17.3 Å². The molecule has 2 aliphatic heterocycles. The van der Waals surface area contributed by atoms with Gasteiger partial charge in [-0.05, 0) is 30.7 Å². The first kappa shape index (κ1) is 22.1. The predicted octanol–water partition coefficient (Wildman–Crippen LogP) is 0.993. The largest absolute Gasteiger partial charge is 0.497 e. The highest BCUT2D eigenvalue weighted by atomic mass is 16.7. The lowest BCUT2D eigenvalue weighted by atomic mass is 10.0. The minimum atomic E-state index is -0.313. The van der Waals surface area contributed by atoms with Gasteiger partial charge in [-0.15, -0.1) is 0 Å². The number of aliphatic hydroxyl groups is 1. The Morgan fingerprint density at radius 3 is 2.69 bits per heavy atom. The second-order valence-electron chi connectivity index (χ2n) is 7.61. The molecule has 1 fully saturated rings. The molecule has 1 aromatic carbocycles. The quantitative estimate of drug-likeness (QED) is 0.651. The highest BCUT2D eigenvalue weighted by Crippen LogP contribution is 2.23. The normalized spacial score (nSPS) is 22.7. The molecule has 0 saturated carbocycles. The number of aryl methyl sites for hydroxylation is 1. The minimum Gasteiger partial charge on any atom is -0.497 e. The Balaban J connectivity index is 1.37. The molecule has 2 aromatic rings. The van der Waals surface area contributed by atoms with Gasteiger partial charge in [0.15, 0.2) is 6.10 Å². The third kappa shape index (κ3) is 5.21. The number of aromatic nitrogens is 2. The first-order valence-electron chi connectivity index (χ1n) is 10.4. The molecular weight excluding hydrogens is 416 g/mol. The molecule has 0 aliphatic carbocycles. The molecule has 10 nitrogen and oxygen atoms in total. The molecule has 4 rings (SSSR count). The van der Waals surface area contributed by atoms with Gasteiger partial charge in [0.05, 0.1) is 32.6 Å². The number of nitrogens with one attached hydrogen (secondary N) is 1. The molecule has 0 bridgehead atoms. The Morgan fingerprint density at radius 1 is 1.19 bits per heavy atom. The number of carbonyl (C=O) groups is 1. The maximum absolute atomic E-state index is 12.7. The van der Waals surface area contributed by atoms with E-state index in [9.17, 15) is 4.79 Å². The van der Waals surface area contributed by atoms with E-state index in [2.05, 4.69) is 20.4 Å². The average molecular weight is 442 g/mol. The number of amides is 1. The Hall–Kier alpha value is -3.08. The summed E-state index contributed by atoms with van der Waals surface area (Å²) in [5.41, 5.74) is 2.37. The maximum atomic E-state index is 12.7. The van der Waals surface area contributed by atoms with E-state index in [0.717, 1.165) is 11.3 Å². The summed E-state index contributed by atoms with van der Waals surface area (Å²) < 4.78 is 16.4. The van der Waals surface area contributed by atoms with Gasteiger partial charge < -0.3 is 29.5 Å².